The third-order valence-electron chi connectivity index (χ3n) is 3.12. The molecule has 0 bridgehead atoms. The van der Waals surface area contributed by atoms with Gasteiger partial charge < -0.3 is 0 Å². The lowest BCUT2D eigenvalue weighted by atomic mass is 10.2. The number of hydrazone groups is 1. The zero-order valence-corrected chi connectivity index (χ0v) is 16.1. The molecule has 0 saturated heterocycles. The van der Waals surface area contributed by atoms with Gasteiger partial charge in [-0.1, -0.05) is 52.5 Å². The van der Waals surface area contributed by atoms with Gasteiger partial charge in [-0.05, 0) is 24.3 Å². The van der Waals surface area contributed by atoms with Crippen molar-refractivity contribution in [1.29, 1.82) is 0 Å². The number of nitrogens with zero attached hydrogens (tertiary/aromatic N) is 2. The highest BCUT2D eigenvalue weighted by Crippen LogP contribution is 2.33. The Morgan fingerprint density at radius 1 is 1.04 bits per heavy atom. The zero-order valence-electron chi connectivity index (χ0n) is 12.2. The summed E-state index contributed by atoms with van der Waals surface area (Å²) in [5.41, 5.74) is 4.48. The number of aromatic nitrogens is 1. The van der Waals surface area contributed by atoms with Crippen LogP contribution in [0.1, 0.15) is 5.56 Å². The van der Waals surface area contributed by atoms with Crippen LogP contribution < -0.4 is 5.43 Å². The largest absolute Gasteiger partial charge is 0.253 e. The Hall–Kier alpha value is -1.37. The smallest absolute Gasteiger partial charge is 0.203 e. The number of hydrogen-bond acceptors (Lipinski definition) is 4. The summed E-state index contributed by atoms with van der Waals surface area (Å²) in [6, 6.07) is 7.69. The van der Waals surface area contributed by atoms with E-state index in [1.54, 1.807) is 29.8 Å². The van der Waals surface area contributed by atoms with Gasteiger partial charge in [0.2, 0.25) is 5.13 Å². The predicted octanol–water partition coefficient (Wildman–Crippen LogP) is 7.01. The van der Waals surface area contributed by atoms with Gasteiger partial charge in [-0.25, -0.2) is 9.37 Å². The zero-order chi connectivity index (χ0) is 18.0. The second-order valence-electron chi connectivity index (χ2n) is 4.82. The molecular weight excluding hydrogens is 427 g/mol. The average molecular weight is 435 g/mol. The van der Waals surface area contributed by atoms with Crippen LogP contribution >= 0.6 is 57.7 Å². The van der Waals surface area contributed by atoms with Crippen molar-refractivity contribution >= 4 is 69.1 Å². The third kappa shape index (κ3) is 4.43. The van der Waals surface area contributed by atoms with Crippen LogP contribution in [0.25, 0.3) is 11.3 Å². The topological polar surface area (TPSA) is 37.3 Å². The fourth-order valence-electron chi connectivity index (χ4n) is 1.93. The molecule has 0 aliphatic carbocycles. The van der Waals surface area contributed by atoms with Crippen LogP contribution in [0.15, 0.2) is 40.8 Å². The monoisotopic (exact) mass is 433 g/mol. The Kier molecular flexibility index (Phi) is 5.81. The molecule has 0 amide bonds. The van der Waals surface area contributed by atoms with E-state index in [1.165, 1.54) is 23.5 Å². The molecule has 3 nitrogen and oxygen atoms in total. The van der Waals surface area contributed by atoms with Crippen molar-refractivity contribution in [1.82, 2.24) is 4.98 Å². The maximum atomic E-state index is 13.6. The number of thiazole rings is 1. The normalized spacial score (nSPS) is 11.2. The lowest BCUT2D eigenvalue weighted by Gasteiger charge is -2.02. The molecule has 2 aromatic carbocycles. The number of nitrogens with one attached hydrogen (secondary N) is 1. The quantitative estimate of drug-likeness (QED) is 0.272. The van der Waals surface area contributed by atoms with Crippen LogP contribution in [0, 0.1) is 5.82 Å². The number of halogens is 5. The Labute approximate surface area is 167 Å². The highest BCUT2D eigenvalue weighted by molar-refractivity contribution is 7.14. The summed E-state index contributed by atoms with van der Waals surface area (Å²) in [5.74, 6) is -0.557. The highest BCUT2D eigenvalue weighted by atomic mass is 35.5. The molecule has 1 aromatic heterocycles. The fraction of sp³-hybridized carbons (Fsp3) is 0. The van der Waals surface area contributed by atoms with Crippen molar-refractivity contribution in [3.8, 4) is 11.3 Å². The number of benzene rings is 2. The van der Waals surface area contributed by atoms with E-state index in [4.69, 9.17) is 46.4 Å². The van der Waals surface area contributed by atoms with Gasteiger partial charge >= 0.3 is 0 Å². The van der Waals surface area contributed by atoms with E-state index >= 15 is 0 Å². The van der Waals surface area contributed by atoms with Gasteiger partial charge in [-0.2, -0.15) is 5.10 Å². The highest BCUT2D eigenvalue weighted by Gasteiger charge is 2.12. The van der Waals surface area contributed by atoms with Gasteiger partial charge in [0.15, 0.2) is 0 Å². The first-order chi connectivity index (χ1) is 11.9. The van der Waals surface area contributed by atoms with Crippen molar-refractivity contribution in [2.24, 2.45) is 5.10 Å². The van der Waals surface area contributed by atoms with Gasteiger partial charge in [0.1, 0.15) is 5.82 Å². The predicted molar refractivity (Wildman–Crippen MR) is 105 cm³/mol. The number of anilines is 1. The van der Waals surface area contributed by atoms with E-state index in [1.807, 2.05) is 0 Å². The van der Waals surface area contributed by atoms with Crippen molar-refractivity contribution in [3.63, 3.8) is 0 Å². The molecule has 25 heavy (non-hydrogen) atoms. The molecule has 1 N–H and O–H groups in total. The molecule has 3 aromatic rings. The number of rotatable bonds is 4. The second-order valence-corrected chi connectivity index (χ2v) is 7.34. The Morgan fingerprint density at radius 3 is 2.60 bits per heavy atom. The molecule has 0 fully saturated rings. The van der Waals surface area contributed by atoms with Gasteiger partial charge in [0, 0.05) is 21.5 Å². The minimum Gasteiger partial charge on any atom is -0.253 e. The lowest BCUT2D eigenvalue weighted by molar-refractivity contribution is 0.629. The van der Waals surface area contributed by atoms with E-state index in [0.717, 1.165) is 0 Å². The molecule has 0 saturated carbocycles. The second kappa shape index (κ2) is 7.89. The van der Waals surface area contributed by atoms with Crippen LogP contribution in [0.2, 0.25) is 20.1 Å². The minimum absolute atomic E-state index is 0.0354. The standard InChI is InChI=1S/C16H8Cl4FN3S/c17-9-2-1-8(11(18)3-9)6-22-24-16-23-15(7-25-16)10-4-14(21)13(20)5-12(10)19/h1-7H,(H,23,24)/b22-6+. The SMILES string of the molecule is Fc1cc(-c2csc(N/N=C/c3ccc(Cl)cc3Cl)n2)c(Cl)cc1Cl. The molecule has 0 spiro atoms. The molecule has 0 unspecified atom stereocenters. The van der Waals surface area contributed by atoms with E-state index in [9.17, 15) is 4.39 Å². The maximum Gasteiger partial charge on any atom is 0.203 e. The van der Waals surface area contributed by atoms with E-state index < -0.39 is 5.82 Å². The first-order valence-electron chi connectivity index (χ1n) is 6.78. The molecule has 0 radical (unpaired) electrons. The van der Waals surface area contributed by atoms with E-state index in [-0.39, 0.29) is 5.02 Å². The van der Waals surface area contributed by atoms with Gasteiger partial charge in [-0.3, -0.25) is 5.43 Å². The summed E-state index contributed by atoms with van der Waals surface area (Å²) < 4.78 is 13.6. The van der Waals surface area contributed by atoms with Crippen molar-refractivity contribution in [2.75, 3.05) is 5.43 Å². The van der Waals surface area contributed by atoms with Crippen LogP contribution in [-0.4, -0.2) is 11.2 Å². The summed E-state index contributed by atoms with van der Waals surface area (Å²) in [6.07, 6.45) is 1.55. The molecular formula is C16H8Cl4FN3S. The molecule has 0 aliphatic heterocycles. The molecule has 9 heteroatoms. The summed E-state index contributed by atoms with van der Waals surface area (Å²) in [4.78, 5) is 4.33. The average Bonchev–Trinajstić information content (AvgIpc) is 3.01. The molecule has 1 heterocycles. The van der Waals surface area contributed by atoms with Crippen molar-refractivity contribution in [3.05, 3.63) is 67.2 Å². The summed E-state index contributed by atoms with van der Waals surface area (Å²) >= 11 is 25.0. The number of hydrogen-bond donors (Lipinski definition) is 1. The van der Waals surface area contributed by atoms with Crippen LogP contribution in [-0.2, 0) is 0 Å². The molecule has 0 aliphatic rings. The van der Waals surface area contributed by atoms with Crippen LogP contribution in [0.4, 0.5) is 9.52 Å². The Balaban J connectivity index is 1.76. The Morgan fingerprint density at radius 2 is 1.84 bits per heavy atom. The van der Waals surface area contributed by atoms with Crippen molar-refractivity contribution in [2.45, 2.75) is 0 Å². The van der Waals surface area contributed by atoms with Crippen LogP contribution in [0.5, 0.6) is 0 Å². The third-order valence-corrected chi connectivity index (χ3v) is 5.03. The maximum absolute atomic E-state index is 13.6. The van der Waals surface area contributed by atoms with Gasteiger partial charge in [0.25, 0.3) is 0 Å². The first kappa shape index (κ1) is 18.4. The molecule has 3 rings (SSSR count). The molecule has 128 valence electrons. The van der Waals surface area contributed by atoms with E-state index in [2.05, 4.69) is 15.5 Å². The summed E-state index contributed by atoms with van der Waals surface area (Å²) in [7, 11) is 0. The van der Waals surface area contributed by atoms with Crippen LogP contribution in [0.3, 0.4) is 0 Å². The lowest BCUT2D eigenvalue weighted by Crippen LogP contribution is -1.91. The fourth-order valence-corrected chi connectivity index (χ4v) is 3.53. The van der Waals surface area contributed by atoms with Gasteiger partial charge in [0.05, 0.1) is 27.0 Å². The summed E-state index contributed by atoms with van der Waals surface area (Å²) in [5, 5.41) is 7.65. The summed E-state index contributed by atoms with van der Waals surface area (Å²) in [6.45, 7) is 0. The van der Waals surface area contributed by atoms with Crippen molar-refractivity contribution < 1.29 is 4.39 Å². The minimum atomic E-state index is -0.557. The Bertz CT molecular complexity index is 959. The molecule has 0 atom stereocenters. The van der Waals surface area contributed by atoms with E-state index in [0.29, 0.717) is 37.0 Å². The van der Waals surface area contributed by atoms with Gasteiger partial charge in [-0.15, -0.1) is 11.3 Å². The first-order valence-corrected chi connectivity index (χ1v) is 9.18.